The summed E-state index contributed by atoms with van der Waals surface area (Å²) in [6, 6.07) is 0. The molecule has 0 spiro atoms. The van der Waals surface area contributed by atoms with Gasteiger partial charge in [-0.3, -0.25) is 4.79 Å². The Kier molecular flexibility index (Phi) is 3.31. The Morgan fingerprint density at radius 3 is 2.61 bits per heavy atom. The fraction of sp³-hybridized carbons (Fsp3) is 0.857. The lowest BCUT2D eigenvalue weighted by Crippen LogP contribution is -2.62. The molecule has 0 radical (unpaired) electrons. The molecule has 0 amide bonds. The molecular formula is C21H30O2. The molecule has 2 heteroatoms. The van der Waals surface area contributed by atoms with E-state index in [9.17, 15) is 9.90 Å². The van der Waals surface area contributed by atoms with Gasteiger partial charge in [0, 0.05) is 17.3 Å². The van der Waals surface area contributed by atoms with Crippen molar-refractivity contribution in [2.45, 2.75) is 77.2 Å². The molecule has 0 aromatic carbocycles. The van der Waals surface area contributed by atoms with Gasteiger partial charge < -0.3 is 5.11 Å². The van der Waals surface area contributed by atoms with Crippen LogP contribution in [0.5, 0.6) is 0 Å². The van der Waals surface area contributed by atoms with E-state index < -0.39 is 5.60 Å². The van der Waals surface area contributed by atoms with Crippen LogP contribution in [0.15, 0.2) is 0 Å². The quantitative estimate of drug-likeness (QED) is 0.687. The predicted octanol–water partition coefficient (Wildman–Crippen LogP) is 3.96. The monoisotopic (exact) mass is 314 g/mol. The first-order valence-corrected chi connectivity index (χ1v) is 9.60. The van der Waals surface area contributed by atoms with Crippen molar-refractivity contribution in [1.82, 2.24) is 0 Å². The topological polar surface area (TPSA) is 37.3 Å². The molecular weight excluding hydrogens is 284 g/mol. The van der Waals surface area contributed by atoms with Crippen LogP contribution in [-0.4, -0.2) is 16.5 Å². The van der Waals surface area contributed by atoms with Crippen molar-refractivity contribution in [3.05, 3.63) is 0 Å². The average molecular weight is 314 g/mol. The average Bonchev–Trinajstić information content (AvgIpc) is 2.84. The SMILES string of the molecule is C#CC1(O)CCCC2CC[C@@H]3[C@H](CC[C@]4(C)C(=O)CC[C@@H]34)[C@]21C. The molecule has 4 rings (SSSR count). The summed E-state index contributed by atoms with van der Waals surface area (Å²) in [5, 5.41) is 11.3. The van der Waals surface area contributed by atoms with E-state index in [1.807, 2.05) is 0 Å². The largest absolute Gasteiger partial charge is 0.377 e. The maximum absolute atomic E-state index is 12.5. The van der Waals surface area contributed by atoms with Gasteiger partial charge in [-0.05, 0) is 75.0 Å². The van der Waals surface area contributed by atoms with Crippen molar-refractivity contribution < 1.29 is 9.90 Å². The summed E-state index contributed by atoms with van der Waals surface area (Å²) in [4.78, 5) is 12.5. The third-order valence-corrected chi connectivity index (χ3v) is 8.83. The van der Waals surface area contributed by atoms with Crippen LogP contribution < -0.4 is 0 Å². The van der Waals surface area contributed by atoms with Crippen LogP contribution in [0.1, 0.15) is 71.6 Å². The molecule has 4 fully saturated rings. The van der Waals surface area contributed by atoms with Gasteiger partial charge in [-0.2, -0.15) is 0 Å². The van der Waals surface area contributed by atoms with Crippen LogP contribution in [0.25, 0.3) is 0 Å². The van der Waals surface area contributed by atoms with E-state index >= 15 is 0 Å². The number of hydrogen-bond donors (Lipinski definition) is 1. The number of fused-ring (bicyclic) bond motifs is 5. The highest BCUT2D eigenvalue weighted by molar-refractivity contribution is 5.87. The van der Waals surface area contributed by atoms with E-state index in [4.69, 9.17) is 6.42 Å². The van der Waals surface area contributed by atoms with Gasteiger partial charge in [0.05, 0.1) is 0 Å². The molecule has 23 heavy (non-hydrogen) atoms. The van der Waals surface area contributed by atoms with Crippen molar-refractivity contribution in [3.63, 3.8) is 0 Å². The Morgan fingerprint density at radius 1 is 1.09 bits per heavy atom. The summed E-state index contributed by atoms with van der Waals surface area (Å²) in [6.07, 6.45) is 15.2. The smallest absolute Gasteiger partial charge is 0.139 e. The lowest BCUT2D eigenvalue weighted by Gasteiger charge is -2.63. The van der Waals surface area contributed by atoms with Gasteiger partial charge in [-0.1, -0.05) is 19.8 Å². The Hall–Kier alpha value is -0.810. The maximum atomic E-state index is 12.5. The fourth-order valence-corrected chi connectivity index (χ4v) is 7.39. The van der Waals surface area contributed by atoms with E-state index in [0.717, 1.165) is 38.5 Å². The molecule has 0 aromatic rings. The number of terminal acetylenes is 1. The third kappa shape index (κ3) is 1.78. The van der Waals surface area contributed by atoms with Gasteiger partial charge in [0.1, 0.15) is 11.4 Å². The standard InChI is InChI=1S/C21H30O2/c1-4-21(23)12-5-6-14-7-8-15-16-9-10-18(22)19(16,2)13-11-17(15)20(14,21)3/h1,14-17,23H,5-13H2,2-3H3/t14?,15-,16-,17-,19-,20-,21?/m0/s1. The normalized spacial score (nSPS) is 55.5. The number of hydrogen-bond acceptors (Lipinski definition) is 2. The number of rotatable bonds is 0. The zero-order valence-electron chi connectivity index (χ0n) is 14.6. The molecule has 2 unspecified atom stereocenters. The minimum atomic E-state index is -0.949. The first-order chi connectivity index (χ1) is 10.9. The van der Waals surface area contributed by atoms with Crippen molar-refractivity contribution in [2.24, 2.45) is 34.5 Å². The van der Waals surface area contributed by atoms with Gasteiger partial charge in [-0.15, -0.1) is 6.42 Å². The fourth-order valence-electron chi connectivity index (χ4n) is 7.39. The van der Waals surface area contributed by atoms with Crippen molar-refractivity contribution in [2.75, 3.05) is 0 Å². The van der Waals surface area contributed by atoms with Crippen LogP contribution in [0, 0.1) is 46.8 Å². The van der Waals surface area contributed by atoms with Gasteiger partial charge in [0.15, 0.2) is 0 Å². The Bertz CT molecular complexity index is 575. The highest BCUT2D eigenvalue weighted by atomic mass is 16.3. The second-order valence-electron chi connectivity index (χ2n) is 9.25. The van der Waals surface area contributed by atoms with Crippen LogP contribution >= 0.6 is 0 Å². The Balaban J connectivity index is 1.74. The number of carbonyl (C=O) groups is 1. The van der Waals surface area contributed by atoms with Gasteiger partial charge in [0.25, 0.3) is 0 Å². The Morgan fingerprint density at radius 2 is 1.87 bits per heavy atom. The second-order valence-corrected chi connectivity index (χ2v) is 9.25. The summed E-state index contributed by atoms with van der Waals surface area (Å²) in [7, 11) is 0. The summed E-state index contributed by atoms with van der Waals surface area (Å²) < 4.78 is 0. The summed E-state index contributed by atoms with van der Waals surface area (Å²) in [5.74, 6) is 5.46. The minimum Gasteiger partial charge on any atom is -0.377 e. The zero-order chi connectivity index (χ0) is 16.5. The van der Waals surface area contributed by atoms with Crippen molar-refractivity contribution >= 4 is 5.78 Å². The molecule has 4 saturated carbocycles. The molecule has 7 atom stereocenters. The summed E-state index contributed by atoms with van der Waals surface area (Å²) >= 11 is 0. The van der Waals surface area contributed by atoms with Crippen LogP contribution in [0.3, 0.4) is 0 Å². The molecule has 1 N–H and O–H groups in total. The van der Waals surface area contributed by atoms with E-state index in [2.05, 4.69) is 19.8 Å². The molecule has 0 heterocycles. The highest BCUT2D eigenvalue weighted by Gasteiger charge is 2.65. The van der Waals surface area contributed by atoms with E-state index in [-0.39, 0.29) is 10.8 Å². The van der Waals surface area contributed by atoms with Crippen molar-refractivity contribution in [3.8, 4) is 12.3 Å². The molecule has 0 aliphatic heterocycles. The van der Waals surface area contributed by atoms with E-state index in [1.165, 1.54) is 19.3 Å². The highest BCUT2D eigenvalue weighted by Crippen LogP contribution is 2.67. The lowest BCUT2D eigenvalue weighted by atomic mass is 9.42. The van der Waals surface area contributed by atoms with Gasteiger partial charge in [0.2, 0.25) is 0 Å². The molecule has 4 aliphatic carbocycles. The van der Waals surface area contributed by atoms with Crippen LogP contribution in [-0.2, 0) is 4.79 Å². The molecule has 0 saturated heterocycles. The number of carbonyl (C=O) groups excluding carboxylic acids is 1. The molecule has 4 aliphatic rings. The first kappa shape index (κ1) is 15.7. The number of aliphatic hydroxyl groups is 1. The van der Waals surface area contributed by atoms with Crippen LogP contribution in [0.2, 0.25) is 0 Å². The van der Waals surface area contributed by atoms with Crippen LogP contribution in [0.4, 0.5) is 0 Å². The Labute approximate surface area is 140 Å². The number of ketones is 1. The van der Waals surface area contributed by atoms with Gasteiger partial charge >= 0.3 is 0 Å². The third-order valence-electron chi connectivity index (χ3n) is 8.83. The molecule has 2 nitrogen and oxygen atoms in total. The first-order valence-electron chi connectivity index (χ1n) is 9.60. The zero-order valence-corrected chi connectivity index (χ0v) is 14.6. The van der Waals surface area contributed by atoms with Gasteiger partial charge in [-0.25, -0.2) is 0 Å². The number of Topliss-reactive ketones (excluding diaryl/α,β-unsaturated/α-hetero) is 1. The molecule has 0 bridgehead atoms. The maximum Gasteiger partial charge on any atom is 0.139 e. The van der Waals surface area contributed by atoms with Crippen molar-refractivity contribution in [1.29, 1.82) is 0 Å². The summed E-state index contributed by atoms with van der Waals surface area (Å²) in [5.41, 5.74) is -1.20. The summed E-state index contributed by atoms with van der Waals surface area (Å²) in [6.45, 7) is 4.50. The molecule has 126 valence electrons. The van der Waals surface area contributed by atoms with E-state index in [1.54, 1.807) is 0 Å². The molecule has 0 aromatic heterocycles. The second kappa shape index (κ2) is 4.85. The van der Waals surface area contributed by atoms with E-state index in [0.29, 0.717) is 29.5 Å². The predicted molar refractivity (Wildman–Crippen MR) is 90.5 cm³/mol. The lowest BCUT2D eigenvalue weighted by molar-refractivity contribution is -0.189. The minimum absolute atomic E-state index is 0.0900.